The van der Waals surface area contributed by atoms with Gasteiger partial charge >= 0.3 is 0 Å². The lowest BCUT2D eigenvalue weighted by Gasteiger charge is -2.30. The van der Waals surface area contributed by atoms with Gasteiger partial charge in [0.15, 0.2) is 0 Å². The van der Waals surface area contributed by atoms with Gasteiger partial charge in [-0.3, -0.25) is 4.79 Å². The Morgan fingerprint density at radius 1 is 1.59 bits per heavy atom. The van der Waals surface area contributed by atoms with Crippen molar-refractivity contribution in [3.05, 3.63) is 16.6 Å². The van der Waals surface area contributed by atoms with E-state index in [0.29, 0.717) is 11.7 Å². The van der Waals surface area contributed by atoms with Crippen LogP contribution in [-0.4, -0.2) is 29.5 Å². The van der Waals surface area contributed by atoms with Crippen molar-refractivity contribution >= 4 is 42.1 Å². The summed E-state index contributed by atoms with van der Waals surface area (Å²) in [4.78, 5) is 15.7. The molecule has 2 atom stereocenters. The number of thiazole rings is 1. The first-order valence-corrected chi connectivity index (χ1v) is 6.14. The van der Waals surface area contributed by atoms with E-state index in [-0.39, 0.29) is 36.8 Å². The van der Waals surface area contributed by atoms with Gasteiger partial charge in [-0.1, -0.05) is 0 Å². The monoisotopic (exact) mass is 297 g/mol. The summed E-state index contributed by atoms with van der Waals surface area (Å²) in [5.74, 6) is -0.0585. The fourth-order valence-corrected chi connectivity index (χ4v) is 2.34. The maximum atomic E-state index is 11.7. The van der Waals surface area contributed by atoms with Crippen molar-refractivity contribution in [3.63, 3.8) is 0 Å². The number of amides is 1. The standard InChI is InChI=1S/C10H15N3OS.2ClH/c1-7-8(3-2-4-11-7)13-10(14)9-5-15-6-12-9;;/h5-8,11H,2-4H2,1H3,(H,13,14);2*1H. The Hall–Kier alpha value is -0.360. The zero-order chi connectivity index (χ0) is 10.7. The van der Waals surface area contributed by atoms with E-state index in [1.165, 1.54) is 11.3 Å². The van der Waals surface area contributed by atoms with E-state index in [4.69, 9.17) is 0 Å². The molecule has 0 radical (unpaired) electrons. The van der Waals surface area contributed by atoms with E-state index < -0.39 is 0 Å². The van der Waals surface area contributed by atoms with Crippen LogP contribution in [0.25, 0.3) is 0 Å². The number of rotatable bonds is 2. The molecular formula is C10H17Cl2N3OS. The van der Waals surface area contributed by atoms with Gasteiger partial charge in [0.25, 0.3) is 5.91 Å². The lowest BCUT2D eigenvalue weighted by molar-refractivity contribution is 0.0915. The summed E-state index contributed by atoms with van der Waals surface area (Å²) in [5.41, 5.74) is 2.20. The minimum atomic E-state index is -0.0585. The largest absolute Gasteiger partial charge is 0.346 e. The van der Waals surface area contributed by atoms with E-state index in [9.17, 15) is 4.79 Å². The molecule has 0 spiro atoms. The highest BCUT2D eigenvalue weighted by Crippen LogP contribution is 2.09. The van der Waals surface area contributed by atoms with Crippen LogP contribution in [0.3, 0.4) is 0 Å². The number of aromatic nitrogens is 1. The number of carbonyl (C=O) groups excluding carboxylic acids is 1. The Balaban J connectivity index is 0.00000128. The van der Waals surface area contributed by atoms with Gasteiger partial charge in [-0.15, -0.1) is 36.2 Å². The molecule has 4 nitrogen and oxygen atoms in total. The maximum absolute atomic E-state index is 11.7. The van der Waals surface area contributed by atoms with E-state index in [1.807, 2.05) is 0 Å². The summed E-state index contributed by atoms with van der Waals surface area (Å²) in [6, 6.07) is 0.578. The fraction of sp³-hybridized carbons (Fsp3) is 0.600. The second-order valence-electron chi connectivity index (χ2n) is 3.84. The van der Waals surface area contributed by atoms with E-state index >= 15 is 0 Å². The third-order valence-corrected chi connectivity index (χ3v) is 3.33. The lowest BCUT2D eigenvalue weighted by Crippen LogP contribution is -2.51. The van der Waals surface area contributed by atoms with Crippen LogP contribution in [0, 0.1) is 0 Å². The molecule has 1 aromatic rings. The molecule has 2 heterocycles. The average Bonchev–Trinajstić information content (AvgIpc) is 2.74. The highest BCUT2D eigenvalue weighted by Gasteiger charge is 2.23. The molecule has 1 aliphatic rings. The zero-order valence-corrected chi connectivity index (χ0v) is 12.0. The van der Waals surface area contributed by atoms with Crippen LogP contribution in [0.1, 0.15) is 30.3 Å². The van der Waals surface area contributed by atoms with Gasteiger partial charge in [0.05, 0.1) is 5.51 Å². The summed E-state index contributed by atoms with van der Waals surface area (Å²) in [7, 11) is 0. The molecule has 7 heteroatoms. The van der Waals surface area contributed by atoms with Gasteiger partial charge in [-0.2, -0.15) is 0 Å². The first kappa shape index (κ1) is 16.6. The van der Waals surface area contributed by atoms with Crippen molar-refractivity contribution in [2.75, 3.05) is 6.54 Å². The first-order chi connectivity index (χ1) is 7.27. The molecule has 2 N–H and O–H groups in total. The normalized spacial score (nSPS) is 23.1. The predicted octanol–water partition coefficient (Wildman–Crippen LogP) is 1.86. The van der Waals surface area contributed by atoms with E-state index in [2.05, 4.69) is 22.5 Å². The Morgan fingerprint density at radius 3 is 2.94 bits per heavy atom. The van der Waals surface area contributed by atoms with Crippen molar-refractivity contribution in [1.29, 1.82) is 0 Å². The van der Waals surface area contributed by atoms with Gasteiger partial charge in [-0.25, -0.2) is 4.98 Å². The fourth-order valence-electron chi connectivity index (χ4n) is 1.81. The summed E-state index contributed by atoms with van der Waals surface area (Å²) in [6.07, 6.45) is 2.16. The van der Waals surface area contributed by atoms with E-state index in [1.54, 1.807) is 10.9 Å². The molecular weight excluding hydrogens is 281 g/mol. The van der Waals surface area contributed by atoms with Crippen molar-refractivity contribution in [3.8, 4) is 0 Å². The minimum Gasteiger partial charge on any atom is -0.346 e. The Kier molecular flexibility index (Phi) is 7.70. The number of hydrogen-bond acceptors (Lipinski definition) is 4. The second-order valence-corrected chi connectivity index (χ2v) is 4.56. The smallest absolute Gasteiger partial charge is 0.271 e. The van der Waals surface area contributed by atoms with Crippen LogP contribution in [0.15, 0.2) is 10.9 Å². The molecule has 17 heavy (non-hydrogen) atoms. The van der Waals surface area contributed by atoms with Gasteiger partial charge in [-0.05, 0) is 26.3 Å². The first-order valence-electron chi connectivity index (χ1n) is 5.20. The van der Waals surface area contributed by atoms with Crippen molar-refractivity contribution in [1.82, 2.24) is 15.6 Å². The number of nitrogens with zero attached hydrogens (tertiary/aromatic N) is 1. The van der Waals surface area contributed by atoms with Crippen LogP contribution in [0.5, 0.6) is 0 Å². The molecule has 2 unspecified atom stereocenters. The number of nitrogens with one attached hydrogen (secondary N) is 2. The minimum absolute atomic E-state index is 0. The average molecular weight is 298 g/mol. The molecule has 1 aromatic heterocycles. The topological polar surface area (TPSA) is 54.0 Å². The highest BCUT2D eigenvalue weighted by atomic mass is 35.5. The molecule has 1 amide bonds. The van der Waals surface area contributed by atoms with Crippen LogP contribution >= 0.6 is 36.2 Å². The van der Waals surface area contributed by atoms with Crippen molar-refractivity contribution < 1.29 is 4.79 Å². The zero-order valence-electron chi connectivity index (χ0n) is 9.51. The molecule has 1 aliphatic heterocycles. The SMILES string of the molecule is CC1NCCCC1NC(=O)c1cscn1.Cl.Cl. The second kappa shape index (κ2) is 7.87. The van der Waals surface area contributed by atoms with Crippen molar-refractivity contribution in [2.45, 2.75) is 31.8 Å². The molecule has 2 rings (SSSR count). The highest BCUT2D eigenvalue weighted by molar-refractivity contribution is 7.07. The molecule has 0 bridgehead atoms. The Labute approximate surface area is 117 Å². The van der Waals surface area contributed by atoms with Gasteiger partial charge in [0.2, 0.25) is 0 Å². The van der Waals surface area contributed by atoms with Gasteiger partial charge < -0.3 is 10.6 Å². The lowest BCUT2D eigenvalue weighted by atomic mass is 10.00. The van der Waals surface area contributed by atoms with Crippen LogP contribution in [-0.2, 0) is 0 Å². The van der Waals surface area contributed by atoms with Crippen molar-refractivity contribution in [2.24, 2.45) is 0 Å². The molecule has 0 aromatic carbocycles. The molecule has 1 fully saturated rings. The Morgan fingerprint density at radius 2 is 2.35 bits per heavy atom. The molecule has 1 saturated heterocycles. The van der Waals surface area contributed by atoms with E-state index in [0.717, 1.165) is 19.4 Å². The quantitative estimate of drug-likeness (QED) is 0.876. The van der Waals surface area contributed by atoms with Crippen LogP contribution in [0.2, 0.25) is 0 Å². The third-order valence-electron chi connectivity index (χ3n) is 2.74. The summed E-state index contributed by atoms with van der Waals surface area (Å²) in [5, 5.41) is 8.14. The van der Waals surface area contributed by atoms with Crippen LogP contribution in [0.4, 0.5) is 0 Å². The molecule has 98 valence electrons. The number of piperidine rings is 1. The number of halogens is 2. The summed E-state index contributed by atoms with van der Waals surface area (Å²) in [6.45, 7) is 3.15. The summed E-state index contributed by atoms with van der Waals surface area (Å²) < 4.78 is 0. The number of carbonyl (C=O) groups is 1. The molecule has 0 aliphatic carbocycles. The number of hydrogen-bond donors (Lipinski definition) is 2. The van der Waals surface area contributed by atoms with Gasteiger partial charge in [0.1, 0.15) is 5.69 Å². The van der Waals surface area contributed by atoms with Gasteiger partial charge in [0, 0.05) is 17.5 Å². The third kappa shape index (κ3) is 4.43. The predicted molar refractivity (Wildman–Crippen MR) is 74.6 cm³/mol. The summed E-state index contributed by atoms with van der Waals surface area (Å²) >= 11 is 1.44. The maximum Gasteiger partial charge on any atom is 0.271 e. The van der Waals surface area contributed by atoms with Crippen LogP contribution < -0.4 is 10.6 Å². The Bertz CT molecular complexity index is 334. The molecule has 0 saturated carbocycles.